The highest BCUT2D eigenvalue weighted by molar-refractivity contribution is 5.88. The van der Waals surface area contributed by atoms with Crippen molar-refractivity contribution in [2.24, 2.45) is 0 Å². The quantitative estimate of drug-likeness (QED) is 0.631. The number of aliphatic carboxylic acids is 2. The van der Waals surface area contributed by atoms with Gasteiger partial charge < -0.3 is 30.5 Å². The number of methoxy groups -OCH3 is 1. The lowest BCUT2D eigenvalue weighted by Crippen LogP contribution is -2.51. The van der Waals surface area contributed by atoms with Crippen LogP contribution in [0, 0.1) is 0 Å². The minimum absolute atomic E-state index is 0.447. The van der Waals surface area contributed by atoms with Gasteiger partial charge in [0.1, 0.15) is 5.75 Å². The molecule has 0 atom stereocenters. The van der Waals surface area contributed by atoms with Crippen molar-refractivity contribution in [1.82, 2.24) is 4.98 Å². The molecule has 0 aliphatic rings. The average Bonchev–Trinajstić information content (AvgIpc) is 2.88. The minimum Gasteiger partial charge on any atom is -0.545 e. The molecule has 2 rings (SSSR count). The van der Waals surface area contributed by atoms with E-state index in [2.05, 4.69) is 23.0 Å². The van der Waals surface area contributed by atoms with Crippen molar-refractivity contribution >= 4 is 22.8 Å². The fraction of sp³-hybridized carbons (Fsp3) is 0.200. The van der Waals surface area contributed by atoms with Crippen molar-refractivity contribution in [3.63, 3.8) is 0 Å². The van der Waals surface area contributed by atoms with Gasteiger partial charge in [-0.2, -0.15) is 0 Å². The number of carboxylic acids is 2. The molecule has 1 aromatic carbocycles. The fourth-order valence-electron chi connectivity index (χ4n) is 1.82. The van der Waals surface area contributed by atoms with Crippen molar-refractivity contribution in [1.29, 1.82) is 0 Å². The highest BCUT2D eigenvalue weighted by Gasteiger charge is 2.04. The van der Waals surface area contributed by atoms with Crippen LogP contribution >= 0.6 is 0 Å². The molecule has 118 valence electrons. The van der Waals surface area contributed by atoms with Crippen LogP contribution < -0.4 is 15.6 Å². The molecule has 0 spiro atoms. The highest BCUT2D eigenvalue weighted by atomic mass is 16.5. The summed E-state index contributed by atoms with van der Waals surface area (Å²) in [4.78, 5) is 22.2. The summed E-state index contributed by atoms with van der Waals surface area (Å²) >= 11 is 0. The van der Waals surface area contributed by atoms with Crippen molar-refractivity contribution in [2.75, 3.05) is 13.7 Å². The number of rotatable bonds is 5. The molecule has 0 unspecified atom stereocenters. The Bertz CT molecular complexity index is 660. The van der Waals surface area contributed by atoms with Crippen LogP contribution in [-0.4, -0.2) is 35.7 Å². The van der Waals surface area contributed by atoms with Gasteiger partial charge in [-0.1, -0.05) is 0 Å². The SMILES string of the molecule is COc1ccc2[nH]cc(CC[NH3+])c2c1.O=C([O-])/C=C/C(=O)O. The summed E-state index contributed by atoms with van der Waals surface area (Å²) in [7, 11) is 1.69. The molecule has 0 saturated heterocycles. The number of fused-ring (bicyclic) bond motifs is 1. The average molecular weight is 306 g/mol. The van der Waals surface area contributed by atoms with Crippen LogP contribution in [-0.2, 0) is 16.0 Å². The summed E-state index contributed by atoms with van der Waals surface area (Å²) in [5, 5.41) is 18.5. The van der Waals surface area contributed by atoms with Crippen molar-refractivity contribution in [2.45, 2.75) is 6.42 Å². The molecule has 1 heterocycles. The predicted octanol–water partition coefficient (Wildman–Crippen LogP) is -0.662. The number of carboxylic acid groups (broad SMARTS) is 2. The zero-order valence-corrected chi connectivity index (χ0v) is 12.2. The molecular weight excluding hydrogens is 288 g/mol. The van der Waals surface area contributed by atoms with Crippen LogP contribution in [0.4, 0.5) is 0 Å². The van der Waals surface area contributed by atoms with E-state index in [0.29, 0.717) is 12.2 Å². The van der Waals surface area contributed by atoms with E-state index < -0.39 is 11.9 Å². The minimum atomic E-state index is -1.51. The Balaban J connectivity index is 0.000000261. The topological polar surface area (TPSA) is 130 Å². The van der Waals surface area contributed by atoms with E-state index in [4.69, 9.17) is 9.84 Å². The first-order chi connectivity index (χ1) is 10.5. The Kier molecular flexibility index (Phi) is 6.65. The van der Waals surface area contributed by atoms with Gasteiger partial charge in [-0.3, -0.25) is 0 Å². The first kappa shape index (κ1) is 17.3. The van der Waals surface area contributed by atoms with E-state index in [0.717, 1.165) is 24.2 Å². The third-order valence-electron chi connectivity index (χ3n) is 2.78. The molecule has 7 heteroatoms. The lowest BCUT2D eigenvalue weighted by molar-refractivity contribution is -0.366. The van der Waals surface area contributed by atoms with Crippen LogP contribution in [0.2, 0.25) is 0 Å². The molecule has 7 nitrogen and oxygen atoms in total. The second-order valence-electron chi connectivity index (χ2n) is 4.32. The molecule has 0 aliphatic carbocycles. The molecule has 0 bridgehead atoms. The second kappa shape index (κ2) is 8.48. The predicted molar refractivity (Wildman–Crippen MR) is 78.1 cm³/mol. The maximum absolute atomic E-state index is 9.53. The summed E-state index contributed by atoms with van der Waals surface area (Å²) in [6.07, 6.45) is 4.00. The number of hydrogen-bond acceptors (Lipinski definition) is 4. The van der Waals surface area contributed by atoms with E-state index in [1.807, 2.05) is 12.1 Å². The van der Waals surface area contributed by atoms with Crippen LogP contribution in [0.1, 0.15) is 5.56 Å². The molecule has 1 aromatic heterocycles. The van der Waals surface area contributed by atoms with Gasteiger partial charge in [0, 0.05) is 29.6 Å². The maximum Gasteiger partial charge on any atom is 0.328 e. The van der Waals surface area contributed by atoms with Gasteiger partial charge in [0.15, 0.2) is 0 Å². The number of carbonyl (C=O) groups is 2. The molecule has 0 amide bonds. The lowest BCUT2D eigenvalue weighted by atomic mass is 10.1. The normalized spacial score (nSPS) is 10.3. The molecule has 5 N–H and O–H groups in total. The van der Waals surface area contributed by atoms with Crippen LogP contribution in [0.3, 0.4) is 0 Å². The molecule has 0 aliphatic heterocycles. The third kappa shape index (κ3) is 5.29. The standard InChI is InChI=1S/C11H14N2O.C4H4O4/c1-14-9-2-3-11-10(6-9)8(4-5-12)7-13-11;5-3(6)1-2-4(7)8/h2-3,6-7,13H,4-5,12H2,1H3;1-2H,(H,5,6)(H,7,8)/b;2-1+. The van der Waals surface area contributed by atoms with Crippen LogP contribution in [0.25, 0.3) is 10.9 Å². The Morgan fingerprint density at radius 1 is 1.41 bits per heavy atom. The Morgan fingerprint density at radius 2 is 2.14 bits per heavy atom. The molecule has 0 fully saturated rings. The zero-order valence-electron chi connectivity index (χ0n) is 12.2. The molecule has 0 saturated carbocycles. The van der Waals surface area contributed by atoms with Gasteiger partial charge in [-0.05, 0) is 29.8 Å². The maximum atomic E-state index is 9.53. The van der Waals surface area contributed by atoms with E-state index >= 15 is 0 Å². The first-order valence-electron chi connectivity index (χ1n) is 6.53. The smallest absolute Gasteiger partial charge is 0.328 e. The first-order valence-corrected chi connectivity index (χ1v) is 6.53. The summed E-state index contributed by atoms with van der Waals surface area (Å²) in [6.45, 7) is 0.921. The number of benzene rings is 1. The largest absolute Gasteiger partial charge is 0.545 e. The Hall–Kier alpha value is -2.80. The molecule has 22 heavy (non-hydrogen) atoms. The Labute approximate surface area is 127 Å². The van der Waals surface area contributed by atoms with Gasteiger partial charge >= 0.3 is 5.97 Å². The number of H-pyrrole nitrogens is 1. The highest BCUT2D eigenvalue weighted by Crippen LogP contribution is 2.23. The Morgan fingerprint density at radius 3 is 2.64 bits per heavy atom. The number of aromatic nitrogens is 1. The summed E-state index contributed by atoms with van der Waals surface area (Å²) in [5.41, 5.74) is 6.34. The van der Waals surface area contributed by atoms with Crippen LogP contribution in [0.15, 0.2) is 36.5 Å². The van der Waals surface area contributed by atoms with E-state index in [1.165, 1.54) is 10.9 Å². The van der Waals surface area contributed by atoms with E-state index in [-0.39, 0.29) is 0 Å². The van der Waals surface area contributed by atoms with Gasteiger partial charge in [-0.15, -0.1) is 0 Å². The fourth-order valence-corrected chi connectivity index (χ4v) is 1.82. The van der Waals surface area contributed by atoms with Gasteiger partial charge in [0.25, 0.3) is 0 Å². The summed E-state index contributed by atoms with van der Waals surface area (Å²) < 4.78 is 5.20. The number of ether oxygens (including phenoxy) is 1. The number of quaternary nitrogens is 1. The van der Waals surface area contributed by atoms with Crippen molar-refractivity contribution in [3.8, 4) is 5.75 Å². The number of aromatic amines is 1. The lowest BCUT2D eigenvalue weighted by Gasteiger charge is -2.00. The summed E-state index contributed by atoms with van der Waals surface area (Å²) in [6, 6.07) is 6.07. The van der Waals surface area contributed by atoms with Crippen molar-refractivity contribution < 1.29 is 30.3 Å². The second-order valence-corrected chi connectivity index (χ2v) is 4.32. The number of nitrogens with one attached hydrogen (secondary N) is 1. The monoisotopic (exact) mass is 306 g/mol. The number of hydrogen-bond donors (Lipinski definition) is 3. The molecule has 2 aromatic rings. The van der Waals surface area contributed by atoms with Gasteiger partial charge in [0.2, 0.25) is 0 Å². The van der Waals surface area contributed by atoms with Gasteiger partial charge in [0.05, 0.1) is 19.6 Å². The molecular formula is C15H18N2O5. The van der Waals surface area contributed by atoms with E-state index in [9.17, 15) is 14.7 Å². The summed E-state index contributed by atoms with van der Waals surface area (Å²) in [5.74, 6) is -1.90. The third-order valence-corrected chi connectivity index (χ3v) is 2.78. The van der Waals surface area contributed by atoms with Gasteiger partial charge in [-0.25, -0.2) is 4.79 Å². The van der Waals surface area contributed by atoms with E-state index in [1.54, 1.807) is 7.11 Å². The van der Waals surface area contributed by atoms with Crippen molar-refractivity contribution in [3.05, 3.63) is 42.1 Å². The van der Waals surface area contributed by atoms with Crippen LogP contribution in [0.5, 0.6) is 5.75 Å². The number of carbonyl (C=O) groups excluding carboxylic acids is 1. The zero-order chi connectivity index (χ0) is 16.5. The molecule has 0 radical (unpaired) electrons.